The summed E-state index contributed by atoms with van der Waals surface area (Å²) in [5, 5.41) is 7.36. The Morgan fingerprint density at radius 1 is 1.27 bits per heavy atom. The Bertz CT molecular complexity index is 982. The molecule has 0 unspecified atom stereocenters. The number of fused-ring (bicyclic) bond motifs is 1. The van der Waals surface area contributed by atoms with E-state index in [1.54, 1.807) is 19.1 Å². The third-order valence-electron chi connectivity index (χ3n) is 5.14. The minimum absolute atomic E-state index is 0.724. The maximum absolute atomic E-state index is 11.0. The van der Waals surface area contributed by atoms with E-state index in [1.807, 2.05) is 60.7 Å². The molecule has 0 bridgehead atoms. The monoisotopic (exact) mass is 427 g/mol. The van der Waals surface area contributed by atoms with Crippen LogP contribution in [0.4, 0.5) is 0 Å². The Hall–Kier alpha value is -2.55. The lowest BCUT2D eigenvalue weighted by Gasteiger charge is -2.26. The summed E-state index contributed by atoms with van der Waals surface area (Å²) >= 11 is 1.72. The summed E-state index contributed by atoms with van der Waals surface area (Å²) in [5.74, 6) is 0.946. The standard InChI is InChI=1S/C13H16N4OS.C9H13NO/c1-10-13(7-12(9-18)15(10)2)19-16-5-6-17-11(8-16)3-4-14-17;1-10-7-8-5-3-4-6-9(8)11-2/h3-4,7,9H,5-6,8H2,1-2H3;3-6,10H,7H2,1-2H3. The van der Waals surface area contributed by atoms with Gasteiger partial charge in [-0.3, -0.25) is 9.48 Å². The zero-order valence-corrected chi connectivity index (χ0v) is 18.8. The van der Waals surface area contributed by atoms with Gasteiger partial charge in [-0.25, -0.2) is 4.31 Å². The third-order valence-corrected chi connectivity index (χ3v) is 6.32. The summed E-state index contributed by atoms with van der Waals surface area (Å²) in [5.41, 5.74) is 4.29. The number of methoxy groups -OCH3 is 1. The van der Waals surface area contributed by atoms with Crippen molar-refractivity contribution >= 4 is 18.2 Å². The zero-order chi connectivity index (χ0) is 21.5. The van der Waals surface area contributed by atoms with Crippen LogP contribution in [0.15, 0.2) is 47.5 Å². The Morgan fingerprint density at radius 2 is 2.07 bits per heavy atom. The fourth-order valence-corrected chi connectivity index (χ4v) is 4.41. The van der Waals surface area contributed by atoms with Crippen molar-refractivity contribution in [2.75, 3.05) is 20.7 Å². The van der Waals surface area contributed by atoms with Gasteiger partial charge in [0.05, 0.1) is 31.6 Å². The second kappa shape index (κ2) is 10.5. The molecule has 1 aromatic carbocycles. The van der Waals surface area contributed by atoms with E-state index in [-0.39, 0.29) is 0 Å². The predicted molar refractivity (Wildman–Crippen MR) is 120 cm³/mol. The van der Waals surface area contributed by atoms with Crippen molar-refractivity contribution in [3.8, 4) is 5.75 Å². The first-order chi connectivity index (χ1) is 14.6. The smallest absolute Gasteiger partial charge is 0.166 e. The lowest BCUT2D eigenvalue weighted by atomic mass is 10.2. The summed E-state index contributed by atoms with van der Waals surface area (Å²) in [7, 11) is 5.54. The molecule has 0 fully saturated rings. The normalized spacial score (nSPS) is 13.3. The molecular weight excluding hydrogens is 398 g/mol. The minimum Gasteiger partial charge on any atom is -0.496 e. The second-order valence-corrected chi connectivity index (χ2v) is 8.18. The zero-order valence-electron chi connectivity index (χ0n) is 18.0. The fourth-order valence-electron chi connectivity index (χ4n) is 3.32. The van der Waals surface area contributed by atoms with Gasteiger partial charge in [-0.2, -0.15) is 5.10 Å². The first-order valence-corrected chi connectivity index (χ1v) is 10.7. The van der Waals surface area contributed by atoms with E-state index in [9.17, 15) is 4.79 Å². The molecule has 0 saturated heterocycles. The summed E-state index contributed by atoms with van der Waals surface area (Å²) in [4.78, 5) is 12.1. The number of aldehydes is 1. The maximum Gasteiger partial charge on any atom is 0.166 e. The minimum atomic E-state index is 0.724. The number of rotatable bonds is 6. The molecule has 160 valence electrons. The molecule has 1 aliphatic rings. The first-order valence-electron chi connectivity index (χ1n) is 9.89. The first kappa shape index (κ1) is 22.1. The number of aromatic nitrogens is 3. The maximum atomic E-state index is 11.0. The Kier molecular flexibility index (Phi) is 7.73. The van der Waals surface area contributed by atoms with Crippen molar-refractivity contribution in [1.29, 1.82) is 0 Å². The van der Waals surface area contributed by atoms with Gasteiger partial charge >= 0.3 is 0 Å². The molecule has 2 aromatic heterocycles. The number of carbonyl (C=O) groups excluding carboxylic acids is 1. The molecular formula is C22H29N5O2S. The molecule has 1 N–H and O–H groups in total. The van der Waals surface area contributed by atoms with Crippen molar-refractivity contribution in [3.63, 3.8) is 0 Å². The predicted octanol–water partition coefficient (Wildman–Crippen LogP) is 3.28. The number of para-hydroxylation sites is 1. The average molecular weight is 428 g/mol. The van der Waals surface area contributed by atoms with Crippen LogP contribution in [-0.4, -0.2) is 45.6 Å². The summed E-state index contributed by atoms with van der Waals surface area (Å²) in [6.07, 6.45) is 2.75. The van der Waals surface area contributed by atoms with Crippen LogP contribution in [0.1, 0.15) is 27.4 Å². The number of nitrogens with zero attached hydrogens (tertiary/aromatic N) is 4. The molecule has 3 aromatic rings. The van der Waals surface area contributed by atoms with Gasteiger partial charge in [0.25, 0.3) is 0 Å². The largest absolute Gasteiger partial charge is 0.496 e. The van der Waals surface area contributed by atoms with Crippen molar-refractivity contribution in [2.45, 2.75) is 31.5 Å². The van der Waals surface area contributed by atoms with Crippen LogP contribution in [-0.2, 0) is 26.7 Å². The molecule has 0 radical (unpaired) electrons. The molecule has 0 saturated carbocycles. The lowest BCUT2D eigenvalue weighted by Crippen LogP contribution is -2.28. The van der Waals surface area contributed by atoms with E-state index in [0.717, 1.165) is 54.5 Å². The second-order valence-electron chi connectivity index (χ2n) is 7.04. The van der Waals surface area contributed by atoms with Gasteiger partial charge in [0.2, 0.25) is 0 Å². The van der Waals surface area contributed by atoms with Crippen LogP contribution in [0, 0.1) is 6.92 Å². The molecule has 3 heterocycles. The van der Waals surface area contributed by atoms with E-state index >= 15 is 0 Å². The number of benzene rings is 1. The van der Waals surface area contributed by atoms with Gasteiger partial charge in [-0.15, -0.1) is 0 Å². The molecule has 30 heavy (non-hydrogen) atoms. The van der Waals surface area contributed by atoms with E-state index in [4.69, 9.17) is 4.74 Å². The van der Waals surface area contributed by atoms with Crippen molar-refractivity contribution in [1.82, 2.24) is 24.0 Å². The topological polar surface area (TPSA) is 64.3 Å². The van der Waals surface area contributed by atoms with Crippen LogP contribution in [0.25, 0.3) is 0 Å². The van der Waals surface area contributed by atoms with Gasteiger partial charge in [-0.1, -0.05) is 18.2 Å². The number of hydrogen-bond acceptors (Lipinski definition) is 6. The average Bonchev–Trinajstić information content (AvgIpc) is 3.34. The van der Waals surface area contributed by atoms with Crippen LogP contribution in [0.2, 0.25) is 0 Å². The van der Waals surface area contributed by atoms with Gasteiger partial charge in [0.15, 0.2) is 6.29 Å². The Labute approximate surface area is 182 Å². The highest BCUT2D eigenvalue weighted by atomic mass is 32.2. The van der Waals surface area contributed by atoms with Gasteiger partial charge < -0.3 is 14.6 Å². The SMILES string of the molecule is CNCc1ccccc1OC.Cc1c(SN2CCn3nccc3C2)cc(C=O)n1C. The molecule has 0 atom stereocenters. The number of nitrogens with one attached hydrogen (secondary N) is 1. The van der Waals surface area contributed by atoms with E-state index in [2.05, 4.69) is 26.9 Å². The van der Waals surface area contributed by atoms with Crippen molar-refractivity contribution < 1.29 is 9.53 Å². The molecule has 0 aliphatic carbocycles. The van der Waals surface area contributed by atoms with Gasteiger partial charge in [0, 0.05) is 42.5 Å². The number of hydrogen-bond donors (Lipinski definition) is 1. The molecule has 0 amide bonds. The van der Waals surface area contributed by atoms with Crippen molar-refractivity contribution in [3.05, 3.63) is 65.2 Å². The van der Waals surface area contributed by atoms with Crippen LogP contribution < -0.4 is 10.1 Å². The fraction of sp³-hybridized carbons (Fsp3) is 0.364. The number of ether oxygens (including phenoxy) is 1. The molecule has 0 spiro atoms. The van der Waals surface area contributed by atoms with Gasteiger partial charge in [0.1, 0.15) is 5.75 Å². The molecule has 7 nitrogen and oxygen atoms in total. The third kappa shape index (κ3) is 5.13. The van der Waals surface area contributed by atoms with E-state index < -0.39 is 0 Å². The van der Waals surface area contributed by atoms with Crippen LogP contribution in [0.3, 0.4) is 0 Å². The highest BCUT2D eigenvalue weighted by Crippen LogP contribution is 2.30. The highest BCUT2D eigenvalue weighted by molar-refractivity contribution is 7.97. The summed E-state index contributed by atoms with van der Waals surface area (Å²) in [6.45, 7) is 5.66. The summed E-state index contributed by atoms with van der Waals surface area (Å²) in [6, 6.07) is 12.0. The Morgan fingerprint density at radius 3 is 2.77 bits per heavy atom. The molecule has 4 rings (SSSR count). The van der Waals surface area contributed by atoms with Crippen LogP contribution >= 0.6 is 11.9 Å². The summed E-state index contributed by atoms with van der Waals surface area (Å²) < 4.78 is 11.5. The molecule has 8 heteroatoms. The van der Waals surface area contributed by atoms with Crippen LogP contribution in [0.5, 0.6) is 5.75 Å². The number of carbonyl (C=O) groups is 1. The van der Waals surface area contributed by atoms with Gasteiger partial charge in [-0.05, 0) is 44.1 Å². The molecule has 1 aliphatic heterocycles. The Balaban J connectivity index is 0.000000199. The van der Waals surface area contributed by atoms with E-state index in [1.165, 1.54) is 11.3 Å². The van der Waals surface area contributed by atoms with Crippen molar-refractivity contribution in [2.24, 2.45) is 7.05 Å². The lowest BCUT2D eigenvalue weighted by molar-refractivity contribution is 0.111. The quantitative estimate of drug-likeness (QED) is 0.481. The highest BCUT2D eigenvalue weighted by Gasteiger charge is 2.19. The van der Waals surface area contributed by atoms with E-state index in [0.29, 0.717) is 0 Å².